The van der Waals surface area contributed by atoms with E-state index in [-0.39, 0.29) is 6.04 Å². The summed E-state index contributed by atoms with van der Waals surface area (Å²) in [6.45, 7) is 6.03. The van der Waals surface area contributed by atoms with Crippen LogP contribution in [0.15, 0.2) is 29.2 Å². The molecule has 1 unspecified atom stereocenters. The minimum Gasteiger partial charge on any atom is -0.360 e. The Labute approximate surface area is 134 Å². The fourth-order valence-electron chi connectivity index (χ4n) is 2.41. The standard InChI is InChI=1S/C16H19N5S/c1-9-7-15(17-10(2)16-18-11(3)20-21-16)19-14-6-5-12(22-4)8-13(9)14/h5-8,10H,1-4H3,(H,17,19)(H,18,20,21). The molecule has 3 rings (SSSR count). The highest BCUT2D eigenvalue weighted by molar-refractivity contribution is 7.98. The molecule has 0 spiro atoms. The summed E-state index contributed by atoms with van der Waals surface area (Å²) in [6, 6.07) is 8.43. The average Bonchev–Trinajstić information content (AvgIpc) is 2.94. The quantitative estimate of drug-likeness (QED) is 0.716. The SMILES string of the molecule is CSc1ccc2nc(NC(C)c3n[nH]c(C)n3)cc(C)c2c1. The number of nitrogens with one attached hydrogen (secondary N) is 2. The van der Waals surface area contributed by atoms with Crippen LogP contribution < -0.4 is 5.32 Å². The van der Waals surface area contributed by atoms with Gasteiger partial charge in [-0.15, -0.1) is 11.8 Å². The Morgan fingerprint density at radius 2 is 2.00 bits per heavy atom. The predicted molar refractivity (Wildman–Crippen MR) is 91.4 cm³/mol. The Kier molecular flexibility index (Phi) is 4.02. The van der Waals surface area contributed by atoms with Gasteiger partial charge in [0.1, 0.15) is 11.6 Å². The maximum atomic E-state index is 4.70. The first kappa shape index (κ1) is 14.8. The second-order valence-corrected chi connectivity index (χ2v) is 6.23. The molecule has 1 atom stereocenters. The van der Waals surface area contributed by atoms with Gasteiger partial charge >= 0.3 is 0 Å². The second kappa shape index (κ2) is 5.96. The molecule has 0 amide bonds. The van der Waals surface area contributed by atoms with E-state index in [1.165, 1.54) is 15.8 Å². The Morgan fingerprint density at radius 1 is 1.18 bits per heavy atom. The van der Waals surface area contributed by atoms with Gasteiger partial charge in [0, 0.05) is 10.3 Å². The lowest BCUT2D eigenvalue weighted by Crippen LogP contribution is -2.10. The van der Waals surface area contributed by atoms with E-state index in [1.807, 2.05) is 13.8 Å². The number of anilines is 1. The Morgan fingerprint density at radius 3 is 2.68 bits per heavy atom. The molecular weight excluding hydrogens is 294 g/mol. The molecule has 6 heteroatoms. The van der Waals surface area contributed by atoms with Gasteiger partial charge in [0.15, 0.2) is 5.82 Å². The van der Waals surface area contributed by atoms with Gasteiger partial charge in [-0.05, 0) is 56.9 Å². The molecule has 22 heavy (non-hydrogen) atoms. The molecule has 5 nitrogen and oxygen atoms in total. The van der Waals surface area contributed by atoms with Gasteiger partial charge in [0.2, 0.25) is 0 Å². The van der Waals surface area contributed by atoms with E-state index in [0.29, 0.717) is 0 Å². The molecule has 0 radical (unpaired) electrons. The lowest BCUT2D eigenvalue weighted by molar-refractivity contribution is 0.791. The normalized spacial score (nSPS) is 12.5. The number of aromatic nitrogens is 4. The van der Waals surface area contributed by atoms with Gasteiger partial charge in [-0.2, -0.15) is 5.10 Å². The fourth-order valence-corrected chi connectivity index (χ4v) is 2.85. The zero-order chi connectivity index (χ0) is 15.7. The molecule has 0 aliphatic carbocycles. The molecule has 3 aromatic rings. The molecule has 0 aliphatic heterocycles. The van der Waals surface area contributed by atoms with Crippen molar-refractivity contribution < 1.29 is 0 Å². The third kappa shape index (κ3) is 2.92. The van der Waals surface area contributed by atoms with Crippen LogP contribution in [0.25, 0.3) is 10.9 Å². The smallest absolute Gasteiger partial charge is 0.172 e. The number of fused-ring (bicyclic) bond motifs is 1. The maximum Gasteiger partial charge on any atom is 0.172 e. The van der Waals surface area contributed by atoms with E-state index in [9.17, 15) is 0 Å². The summed E-state index contributed by atoms with van der Waals surface area (Å²) in [5, 5.41) is 11.6. The van der Waals surface area contributed by atoms with Crippen molar-refractivity contribution in [3.05, 3.63) is 41.5 Å². The van der Waals surface area contributed by atoms with Crippen molar-refractivity contribution in [2.24, 2.45) is 0 Å². The van der Waals surface area contributed by atoms with Crippen LogP contribution in [0.1, 0.15) is 30.2 Å². The van der Waals surface area contributed by atoms with Gasteiger partial charge in [-0.3, -0.25) is 5.10 Å². The third-order valence-corrected chi connectivity index (χ3v) is 4.31. The van der Waals surface area contributed by atoms with Crippen molar-refractivity contribution in [3.63, 3.8) is 0 Å². The third-order valence-electron chi connectivity index (χ3n) is 3.59. The average molecular weight is 313 g/mol. The van der Waals surface area contributed by atoms with E-state index in [0.717, 1.165) is 23.0 Å². The summed E-state index contributed by atoms with van der Waals surface area (Å²) in [5.74, 6) is 2.41. The van der Waals surface area contributed by atoms with Crippen LogP contribution in [0.2, 0.25) is 0 Å². The monoisotopic (exact) mass is 313 g/mol. The first-order chi connectivity index (χ1) is 10.6. The molecule has 2 N–H and O–H groups in total. The summed E-state index contributed by atoms with van der Waals surface area (Å²) < 4.78 is 0. The van der Waals surface area contributed by atoms with Crippen molar-refractivity contribution in [3.8, 4) is 0 Å². The largest absolute Gasteiger partial charge is 0.360 e. The molecular formula is C16H19N5S. The minimum absolute atomic E-state index is 0.000212. The van der Waals surface area contributed by atoms with Gasteiger partial charge in [0.25, 0.3) is 0 Å². The molecule has 0 saturated carbocycles. The Hall–Kier alpha value is -2.08. The van der Waals surface area contributed by atoms with Crippen LogP contribution >= 0.6 is 11.8 Å². The number of thioether (sulfide) groups is 1. The number of aryl methyl sites for hydroxylation is 2. The molecule has 0 aliphatic rings. The van der Waals surface area contributed by atoms with Crippen LogP contribution in [0.4, 0.5) is 5.82 Å². The molecule has 0 saturated heterocycles. The summed E-state index contributed by atoms with van der Waals surface area (Å²) >= 11 is 1.74. The van der Waals surface area contributed by atoms with Crippen LogP contribution in [0.3, 0.4) is 0 Å². The van der Waals surface area contributed by atoms with E-state index in [4.69, 9.17) is 4.98 Å². The number of rotatable bonds is 4. The van der Waals surface area contributed by atoms with Crippen molar-refractivity contribution in [2.75, 3.05) is 11.6 Å². The number of hydrogen-bond acceptors (Lipinski definition) is 5. The second-order valence-electron chi connectivity index (χ2n) is 5.35. The van der Waals surface area contributed by atoms with Crippen LogP contribution in [0, 0.1) is 13.8 Å². The van der Waals surface area contributed by atoms with E-state index in [2.05, 4.69) is 57.9 Å². The number of aromatic amines is 1. The molecule has 1 aromatic carbocycles. The van der Waals surface area contributed by atoms with Crippen molar-refractivity contribution in [1.29, 1.82) is 0 Å². The number of H-pyrrole nitrogens is 1. The summed E-state index contributed by atoms with van der Waals surface area (Å²) in [6.07, 6.45) is 2.08. The maximum absolute atomic E-state index is 4.70. The van der Waals surface area contributed by atoms with Gasteiger partial charge in [-0.1, -0.05) is 0 Å². The summed E-state index contributed by atoms with van der Waals surface area (Å²) in [4.78, 5) is 10.3. The first-order valence-corrected chi connectivity index (χ1v) is 8.40. The highest BCUT2D eigenvalue weighted by Crippen LogP contribution is 2.26. The lowest BCUT2D eigenvalue weighted by atomic mass is 10.1. The van der Waals surface area contributed by atoms with Crippen LogP contribution in [0.5, 0.6) is 0 Å². The first-order valence-electron chi connectivity index (χ1n) is 7.17. The highest BCUT2D eigenvalue weighted by atomic mass is 32.2. The van der Waals surface area contributed by atoms with E-state index >= 15 is 0 Å². The fraction of sp³-hybridized carbons (Fsp3) is 0.312. The minimum atomic E-state index is -0.000212. The molecule has 0 fully saturated rings. The Balaban J connectivity index is 1.91. The van der Waals surface area contributed by atoms with E-state index in [1.54, 1.807) is 11.8 Å². The number of hydrogen-bond donors (Lipinski definition) is 2. The van der Waals surface area contributed by atoms with Gasteiger partial charge in [-0.25, -0.2) is 9.97 Å². The zero-order valence-corrected chi connectivity index (χ0v) is 14.0. The number of nitrogens with zero attached hydrogens (tertiary/aromatic N) is 3. The molecule has 2 aromatic heterocycles. The van der Waals surface area contributed by atoms with Crippen LogP contribution in [-0.2, 0) is 0 Å². The topological polar surface area (TPSA) is 66.5 Å². The summed E-state index contributed by atoms with van der Waals surface area (Å²) in [5.41, 5.74) is 2.21. The zero-order valence-electron chi connectivity index (χ0n) is 13.1. The summed E-state index contributed by atoms with van der Waals surface area (Å²) in [7, 11) is 0. The van der Waals surface area contributed by atoms with Gasteiger partial charge in [0.05, 0.1) is 11.6 Å². The molecule has 0 bridgehead atoms. The van der Waals surface area contributed by atoms with Crippen LogP contribution in [-0.4, -0.2) is 26.4 Å². The van der Waals surface area contributed by atoms with Crippen molar-refractivity contribution in [2.45, 2.75) is 31.7 Å². The van der Waals surface area contributed by atoms with Gasteiger partial charge < -0.3 is 5.32 Å². The highest BCUT2D eigenvalue weighted by Gasteiger charge is 2.12. The predicted octanol–water partition coefficient (Wildman–Crippen LogP) is 3.86. The number of benzene rings is 1. The molecule has 2 heterocycles. The van der Waals surface area contributed by atoms with E-state index < -0.39 is 0 Å². The Bertz CT molecular complexity index is 811. The number of pyridine rings is 1. The lowest BCUT2D eigenvalue weighted by Gasteiger charge is -2.13. The van der Waals surface area contributed by atoms with Crippen molar-refractivity contribution >= 4 is 28.5 Å². The van der Waals surface area contributed by atoms with Crippen molar-refractivity contribution in [1.82, 2.24) is 20.2 Å². The molecule has 114 valence electrons.